The zero-order valence-electron chi connectivity index (χ0n) is 17.9. The van der Waals surface area contributed by atoms with Crippen LogP contribution in [-0.4, -0.2) is 26.2 Å². The topological polar surface area (TPSA) is 56.8 Å². The Bertz CT molecular complexity index is 832. The highest BCUT2D eigenvalue weighted by atomic mass is 16.5. The Labute approximate surface area is 168 Å². The SMILES string of the molecule is CC[C@@H](NC(=O)[C@H](C)Oc1cc(C)cc(C)c1C)c1ccc(OC)c(OC)c1. The Kier molecular flexibility index (Phi) is 7.32. The first kappa shape index (κ1) is 21.6. The molecule has 1 N–H and O–H groups in total. The largest absolute Gasteiger partial charge is 0.493 e. The summed E-state index contributed by atoms with van der Waals surface area (Å²) < 4.78 is 16.6. The van der Waals surface area contributed by atoms with Crippen molar-refractivity contribution in [3.05, 3.63) is 52.6 Å². The third kappa shape index (κ3) is 4.97. The van der Waals surface area contributed by atoms with Crippen molar-refractivity contribution >= 4 is 5.91 Å². The van der Waals surface area contributed by atoms with Crippen molar-refractivity contribution in [1.29, 1.82) is 0 Å². The van der Waals surface area contributed by atoms with Gasteiger partial charge in [-0.25, -0.2) is 0 Å². The summed E-state index contributed by atoms with van der Waals surface area (Å²) in [6.45, 7) is 9.88. The van der Waals surface area contributed by atoms with Crippen LogP contribution in [0.5, 0.6) is 17.2 Å². The molecule has 2 atom stereocenters. The maximum Gasteiger partial charge on any atom is 0.261 e. The molecule has 0 fully saturated rings. The second-order valence-corrected chi connectivity index (χ2v) is 7.05. The summed E-state index contributed by atoms with van der Waals surface area (Å²) >= 11 is 0. The molecule has 0 aliphatic heterocycles. The van der Waals surface area contributed by atoms with E-state index in [0.717, 1.165) is 34.4 Å². The number of methoxy groups -OCH3 is 2. The Morgan fingerprint density at radius 1 is 1.00 bits per heavy atom. The van der Waals surface area contributed by atoms with Crippen LogP contribution in [0.4, 0.5) is 0 Å². The van der Waals surface area contributed by atoms with Gasteiger partial charge < -0.3 is 19.5 Å². The van der Waals surface area contributed by atoms with E-state index >= 15 is 0 Å². The number of benzene rings is 2. The Morgan fingerprint density at radius 3 is 2.29 bits per heavy atom. The molecule has 1 amide bonds. The molecule has 2 aromatic rings. The molecule has 5 nitrogen and oxygen atoms in total. The van der Waals surface area contributed by atoms with E-state index in [1.54, 1.807) is 21.1 Å². The van der Waals surface area contributed by atoms with Crippen LogP contribution in [-0.2, 0) is 4.79 Å². The van der Waals surface area contributed by atoms with Gasteiger partial charge in [-0.05, 0) is 74.6 Å². The summed E-state index contributed by atoms with van der Waals surface area (Å²) in [4.78, 5) is 12.8. The Hall–Kier alpha value is -2.69. The summed E-state index contributed by atoms with van der Waals surface area (Å²) in [6, 6.07) is 9.62. The van der Waals surface area contributed by atoms with Crippen LogP contribution in [0.25, 0.3) is 0 Å². The second kappa shape index (κ2) is 9.49. The van der Waals surface area contributed by atoms with Gasteiger partial charge in [-0.15, -0.1) is 0 Å². The summed E-state index contributed by atoms with van der Waals surface area (Å²) in [5.74, 6) is 1.90. The molecule has 0 aliphatic carbocycles. The average Bonchev–Trinajstić information content (AvgIpc) is 2.68. The summed E-state index contributed by atoms with van der Waals surface area (Å²) in [7, 11) is 3.20. The highest BCUT2D eigenvalue weighted by molar-refractivity contribution is 5.81. The van der Waals surface area contributed by atoms with Crippen LogP contribution >= 0.6 is 0 Å². The molecule has 5 heteroatoms. The van der Waals surface area contributed by atoms with Gasteiger partial charge in [0.1, 0.15) is 5.75 Å². The van der Waals surface area contributed by atoms with E-state index in [2.05, 4.69) is 11.4 Å². The van der Waals surface area contributed by atoms with Crippen molar-refractivity contribution < 1.29 is 19.0 Å². The number of hydrogen-bond acceptors (Lipinski definition) is 4. The summed E-state index contributed by atoms with van der Waals surface area (Å²) in [6.07, 6.45) is 0.144. The zero-order valence-corrected chi connectivity index (χ0v) is 17.9. The van der Waals surface area contributed by atoms with E-state index in [1.165, 1.54) is 0 Å². The molecule has 0 spiro atoms. The summed E-state index contributed by atoms with van der Waals surface area (Å²) in [5, 5.41) is 3.08. The lowest BCUT2D eigenvalue weighted by atomic mass is 10.0. The lowest BCUT2D eigenvalue weighted by molar-refractivity contribution is -0.128. The van der Waals surface area contributed by atoms with Gasteiger partial charge in [0.15, 0.2) is 17.6 Å². The van der Waals surface area contributed by atoms with E-state index in [4.69, 9.17) is 14.2 Å². The van der Waals surface area contributed by atoms with Crippen molar-refractivity contribution in [2.75, 3.05) is 14.2 Å². The average molecular weight is 386 g/mol. The normalized spacial score (nSPS) is 12.8. The van der Waals surface area contributed by atoms with Crippen LogP contribution in [0.1, 0.15) is 48.6 Å². The Balaban J connectivity index is 2.13. The highest BCUT2D eigenvalue weighted by Gasteiger charge is 2.21. The third-order valence-electron chi connectivity index (χ3n) is 4.97. The molecule has 2 aromatic carbocycles. The van der Waals surface area contributed by atoms with Crippen LogP contribution in [0.3, 0.4) is 0 Å². The number of hydrogen-bond donors (Lipinski definition) is 1. The fourth-order valence-electron chi connectivity index (χ4n) is 3.15. The van der Waals surface area contributed by atoms with Gasteiger partial charge >= 0.3 is 0 Å². The fourth-order valence-corrected chi connectivity index (χ4v) is 3.15. The smallest absolute Gasteiger partial charge is 0.261 e. The first-order valence-corrected chi connectivity index (χ1v) is 9.57. The molecule has 0 heterocycles. The molecule has 0 unspecified atom stereocenters. The molecule has 28 heavy (non-hydrogen) atoms. The van der Waals surface area contributed by atoms with Crippen LogP contribution in [0.2, 0.25) is 0 Å². The molecule has 0 aliphatic rings. The van der Waals surface area contributed by atoms with Gasteiger partial charge in [-0.1, -0.05) is 19.1 Å². The van der Waals surface area contributed by atoms with Crippen molar-refractivity contribution in [3.8, 4) is 17.2 Å². The Morgan fingerprint density at radius 2 is 1.68 bits per heavy atom. The number of ether oxygens (including phenoxy) is 3. The second-order valence-electron chi connectivity index (χ2n) is 7.05. The molecule has 0 bridgehead atoms. The number of carbonyl (C=O) groups is 1. The molecule has 2 rings (SSSR count). The van der Waals surface area contributed by atoms with Crippen molar-refractivity contribution in [3.63, 3.8) is 0 Å². The number of aryl methyl sites for hydroxylation is 2. The predicted octanol–water partition coefficient (Wildman–Crippen LogP) is 4.66. The van der Waals surface area contributed by atoms with E-state index in [0.29, 0.717) is 11.5 Å². The quantitative estimate of drug-likeness (QED) is 0.718. The molecular weight excluding hydrogens is 354 g/mol. The van der Waals surface area contributed by atoms with E-state index in [1.807, 2.05) is 52.0 Å². The first-order chi connectivity index (χ1) is 13.3. The van der Waals surface area contributed by atoms with Crippen LogP contribution in [0.15, 0.2) is 30.3 Å². The minimum atomic E-state index is -0.603. The zero-order chi connectivity index (χ0) is 20.8. The van der Waals surface area contributed by atoms with E-state index in [9.17, 15) is 4.79 Å². The first-order valence-electron chi connectivity index (χ1n) is 9.57. The standard InChI is InChI=1S/C23H31NO4/c1-8-19(18-9-10-20(26-6)22(13-18)27-7)24-23(25)17(5)28-21-12-14(2)11-15(3)16(21)4/h9-13,17,19H,8H2,1-7H3,(H,24,25)/t17-,19+/m0/s1. The number of nitrogens with one attached hydrogen (secondary N) is 1. The highest BCUT2D eigenvalue weighted by Crippen LogP contribution is 2.31. The fraction of sp³-hybridized carbons (Fsp3) is 0.435. The third-order valence-corrected chi connectivity index (χ3v) is 4.97. The van der Waals surface area contributed by atoms with E-state index in [-0.39, 0.29) is 11.9 Å². The molecule has 0 saturated carbocycles. The van der Waals surface area contributed by atoms with Gasteiger partial charge in [-0.3, -0.25) is 4.79 Å². The van der Waals surface area contributed by atoms with Gasteiger partial charge in [0.05, 0.1) is 20.3 Å². The lowest BCUT2D eigenvalue weighted by Gasteiger charge is -2.23. The maximum atomic E-state index is 12.8. The molecule has 152 valence electrons. The summed E-state index contributed by atoms with van der Waals surface area (Å²) in [5.41, 5.74) is 4.28. The minimum absolute atomic E-state index is 0.140. The van der Waals surface area contributed by atoms with Crippen LogP contribution in [0, 0.1) is 20.8 Å². The molecule has 0 aromatic heterocycles. The number of carbonyl (C=O) groups excluding carboxylic acids is 1. The van der Waals surface area contributed by atoms with Gasteiger partial charge in [-0.2, -0.15) is 0 Å². The predicted molar refractivity (Wildman–Crippen MR) is 111 cm³/mol. The van der Waals surface area contributed by atoms with Gasteiger partial charge in [0.25, 0.3) is 5.91 Å². The number of rotatable bonds is 8. The van der Waals surface area contributed by atoms with Crippen molar-refractivity contribution in [1.82, 2.24) is 5.32 Å². The molecule has 0 radical (unpaired) electrons. The molecular formula is C23H31NO4. The van der Waals surface area contributed by atoms with Crippen molar-refractivity contribution in [2.24, 2.45) is 0 Å². The van der Waals surface area contributed by atoms with E-state index < -0.39 is 6.10 Å². The van der Waals surface area contributed by atoms with Gasteiger partial charge in [0.2, 0.25) is 0 Å². The minimum Gasteiger partial charge on any atom is -0.493 e. The van der Waals surface area contributed by atoms with Crippen molar-refractivity contribution in [2.45, 2.75) is 53.2 Å². The maximum absolute atomic E-state index is 12.8. The van der Waals surface area contributed by atoms with Gasteiger partial charge in [0, 0.05) is 0 Å². The molecule has 0 saturated heterocycles. The number of amides is 1. The lowest BCUT2D eigenvalue weighted by Crippen LogP contribution is -2.38. The van der Waals surface area contributed by atoms with Crippen LogP contribution < -0.4 is 19.5 Å². The monoisotopic (exact) mass is 385 g/mol.